The predicted molar refractivity (Wildman–Crippen MR) is 51.4 cm³/mol. The maximum absolute atomic E-state index is 12.5. The SMILES string of the molecule is N#CCc1cc(Cl)c(CN)nc1C(F)F. The van der Waals surface area contributed by atoms with Crippen molar-refractivity contribution in [3.8, 4) is 6.07 Å². The Kier molecular flexibility index (Phi) is 3.95. The highest BCUT2D eigenvalue weighted by atomic mass is 35.5. The Balaban J connectivity index is 3.26. The lowest BCUT2D eigenvalue weighted by Crippen LogP contribution is -2.06. The van der Waals surface area contributed by atoms with Crippen LogP contribution in [0.4, 0.5) is 8.78 Å². The number of halogens is 3. The second-order valence-corrected chi connectivity index (χ2v) is 3.21. The fraction of sp³-hybridized carbons (Fsp3) is 0.333. The minimum absolute atomic E-state index is 0.00854. The highest BCUT2D eigenvalue weighted by Gasteiger charge is 2.17. The molecule has 2 N–H and O–H groups in total. The highest BCUT2D eigenvalue weighted by Crippen LogP contribution is 2.25. The van der Waals surface area contributed by atoms with Crippen LogP contribution in [0.2, 0.25) is 5.02 Å². The molecule has 0 radical (unpaired) electrons. The van der Waals surface area contributed by atoms with E-state index in [4.69, 9.17) is 22.6 Å². The molecule has 0 saturated heterocycles. The van der Waals surface area contributed by atoms with E-state index < -0.39 is 12.1 Å². The van der Waals surface area contributed by atoms with Crippen molar-refractivity contribution in [1.29, 1.82) is 5.26 Å². The van der Waals surface area contributed by atoms with E-state index in [0.29, 0.717) is 0 Å². The molecule has 0 aliphatic carbocycles. The molecular weight excluding hydrogens is 224 g/mol. The maximum Gasteiger partial charge on any atom is 0.280 e. The molecule has 15 heavy (non-hydrogen) atoms. The summed E-state index contributed by atoms with van der Waals surface area (Å²) in [6.45, 7) is -0.00854. The molecule has 0 fully saturated rings. The van der Waals surface area contributed by atoms with Crippen LogP contribution in [0, 0.1) is 11.3 Å². The monoisotopic (exact) mass is 231 g/mol. The molecule has 1 aromatic heterocycles. The first-order chi connectivity index (χ1) is 7.10. The van der Waals surface area contributed by atoms with Crippen molar-refractivity contribution in [1.82, 2.24) is 4.98 Å². The number of alkyl halides is 2. The minimum atomic E-state index is -2.73. The Hall–Kier alpha value is -1.25. The smallest absolute Gasteiger partial charge is 0.280 e. The number of rotatable bonds is 3. The second-order valence-electron chi connectivity index (χ2n) is 2.80. The minimum Gasteiger partial charge on any atom is -0.325 e. The van der Waals surface area contributed by atoms with Gasteiger partial charge in [0.2, 0.25) is 0 Å². The summed E-state index contributed by atoms with van der Waals surface area (Å²) in [5.74, 6) is 0. The number of nitriles is 1. The van der Waals surface area contributed by atoms with Crippen LogP contribution >= 0.6 is 11.6 Å². The molecular formula is C9H8ClF2N3. The topological polar surface area (TPSA) is 62.7 Å². The van der Waals surface area contributed by atoms with Crippen molar-refractivity contribution >= 4 is 11.6 Å². The molecule has 80 valence electrons. The largest absolute Gasteiger partial charge is 0.325 e. The first-order valence-corrected chi connectivity index (χ1v) is 4.51. The van der Waals surface area contributed by atoms with Gasteiger partial charge in [-0.1, -0.05) is 11.6 Å². The van der Waals surface area contributed by atoms with E-state index in [9.17, 15) is 8.78 Å². The molecule has 0 unspecified atom stereocenters. The molecule has 3 nitrogen and oxygen atoms in total. The molecule has 0 bridgehead atoms. The van der Waals surface area contributed by atoms with Gasteiger partial charge in [0.25, 0.3) is 6.43 Å². The lowest BCUT2D eigenvalue weighted by atomic mass is 10.1. The van der Waals surface area contributed by atoms with Crippen molar-refractivity contribution < 1.29 is 8.78 Å². The van der Waals surface area contributed by atoms with Crippen LogP contribution in [0.25, 0.3) is 0 Å². The average molecular weight is 232 g/mol. The lowest BCUT2D eigenvalue weighted by molar-refractivity contribution is 0.144. The van der Waals surface area contributed by atoms with Crippen molar-refractivity contribution in [3.05, 3.63) is 28.0 Å². The van der Waals surface area contributed by atoms with Gasteiger partial charge in [-0.15, -0.1) is 0 Å². The van der Waals surface area contributed by atoms with Crippen LogP contribution in [0.5, 0.6) is 0 Å². The number of nitrogens with zero attached hydrogens (tertiary/aromatic N) is 2. The van der Waals surface area contributed by atoms with Gasteiger partial charge < -0.3 is 5.73 Å². The first-order valence-electron chi connectivity index (χ1n) is 4.13. The summed E-state index contributed by atoms with van der Waals surface area (Å²) < 4.78 is 25.1. The zero-order chi connectivity index (χ0) is 11.4. The number of hydrogen-bond acceptors (Lipinski definition) is 3. The van der Waals surface area contributed by atoms with Gasteiger partial charge in [-0.2, -0.15) is 5.26 Å². The molecule has 1 rings (SSSR count). The Morgan fingerprint density at radius 3 is 2.73 bits per heavy atom. The van der Waals surface area contributed by atoms with Crippen molar-refractivity contribution in [3.63, 3.8) is 0 Å². The van der Waals surface area contributed by atoms with Gasteiger partial charge in [-0.05, 0) is 11.6 Å². The van der Waals surface area contributed by atoms with Crippen LogP contribution in [-0.2, 0) is 13.0 Å². The summed E-state index contributed by atoms with van der Waals surface area (Å²) in [5, 5.41) is 8.67. The van der Waals surface area contributed by atoms with Crippen molar-refractivity contribution in [2.75, 3.05) is 0 Å². The molecule has 1 aromatic rings. The average Bonchev–Trinajstić information content (AvgIpc) is 2.18. The maximum atomic E-state index is 12.5. The molecule has 0 aromatic carbocycles. The lowest BCUT2D eigenvalue weighted by Gasteiger charge is -2.08. The highest BCUT2D eigenvalue weighted by molar-refractivity contribution is 6.31. The number of pyridine rings is 1. The van der Waals surface area contributed by atoms with E-state index in [1.165, 1.54) is 6.07 Å². The molecule has 0 saturated carbocycles. The number of hydrogen-bond donors (Lipinski definition) is 1. The first kappa shape index (κ1) is 11.8. The van der Waals surface area contributed by atoms with Gasteiger partial charge in [-0.25, -0.2) is 13.8 Å². The Labute approximate surface area is 90.5 Å². The third kappa shape index (κ3) is 2.61. The van der Waals surface area contributed by atoms with E-state index in [0.717, 1.165) is 0 Å². The molecule has 1 heterocycles. The second kappa shape index (κ2) is 5.01. The van der Waals surface area contributed by atoms with E-state index in [2.05, 4.69) is 4.98 Å². The van der Waals surface area contributed by atoms with Gasteiger partial charge in [0, 0.05) is 6.54 Å². The van der Waals surface area contributed by atoms with Crippen LogP contribution < -0.4 is 5.73 Å². The molecule has 0 aliphatic heterocycles. The summed E-state index contributed by atoms with van der Waals surface area (Å²) in [4.78, 5) is 3.65. The molecule has 0 spiro atoms. The Morgan fingerprint density at radius 1 is 1.60 bits per heavy atom. The summed E-state index contributed by atoms with van der Waals surface area (Å²) in [6.07, 6.45) is -2.87. The van der Waals surface area contributed by atoms with Gasteiger partial charge in [0.1, 0.15) is 5.69 Å². The molecule has 6 heteroatoms. The van der Waals surface area contributed by atoms with E-state index >= 15 is 0 Å². The Morgan fingerprint density at radius 2 is 2.27 bits per heavy atom. The summed E-state index contributed by atoms with van der Waals surface area (Å²) in [5.41, 5.74) is 5.24. The normalized spacial score (nSPS) is 10.4. The van der Waals surface area contributed by atoms with Crippen LogP contribution in [0.3, 0.4) is 0 Å². The quantitative estimate of drug-likeness (QED) is 0.867. The van der Waals surface area contributed by atoms with Crippen LogP contribution in [-0.4, -0.2) is 4.98 Å². The van der Waals surface area contributed by atoms with Gasteiger partial charge in [-0.3, -0.25) is 0 Å². The molecule has 0 atom stereocenters. The third-order valence-electron chi connectivity index (χ3n) is 1.83. The van der Waals surface area contributed by atoms with Gasteiger partial charge >= 0.3 is 0 Å². The van der Waals surface area contributed by atoms with E-state index in [1.807, 2.05) is 0 Å². The molecule has 0 amide bonds. The zero-order valence-corrected chi connectivity index (χ0v) is 8.43. The summed E-state index contributed by atoms with van der Waals surface area (Å²) in [6, 6.07) is 3.10. The van der Waals surface area contributed by atoms with Gasteiger partial charge in [0.15, 0.2) is 0 Å². The van der Waals surface area contributed by atoms with Crippen LogP contribution in [0.15, 0.2) is 6.07 Å². The van der Waals surface area contributed by atoms with Crippen molar-refractivity contribution in [2.45, 2.75) is 19.4 Å². The predicted octanol–water partition coefficient (Wildman–Crippen LogP) is 2.20. The van der Waals surface area contributed by atoms with Crippen molar-refractivity contribution in [2.24, 2.45) is 5.73 Å². The molecule has 0 aliphatic rings. The van der Waals surface area contributed by atoms with Crippen LogP contribution in [0.1, 0.15) is 23.4 Å². The standard InChI is InChI=1S/C9H8ClF2N3/c10-6-3-5(1-2-13)8(9(11)12)15-7(6)4-14/h3,9H,1,4,14H2. The van der Waals surface area contributed by atoms with E-state index in [-0.39, 0.29) is 29.2 Å². The third-order valence-corrected chi connectivity index (χ3v) is 2.16. The summed E-state index contributed by atoms with van der Waals surface area (Å²) in [7, 11) is 0. The van der Waals surface area contributed by atoms with Gasteiger partial charge in [0.05, 0.1) is 23.2 Å². The fourth-order valence-electron chi connectivity index (χ4n) is 1.14. The summed E-state index contributed by atoms with van der Waals surface area (Å²) >= 11 is 5.75. The number of aromatic nitrogens is 1. The van der Waals surface area contributed by atoms with E-state index in [1.54, 1.807) is 6.07 Å². The number of nitrogens with two attached hydrogens (primary N) is 1. The Bertz CT molecular complexity index is 401. The zero-order valence-electron chi connectivity index (χ0n) is 7.67. The fourth-order valence-corrected chi connectivity index (χ4v) is 1.39.